The lowest BCUT2D eigenvalue weighted by Gasteiger charge is -2.18. The summed E-state index contributed by atoms with van der Waals surface area (Å²) in [5.74, 6) is 0. The summed E-state index contributed by atoms with van der Waals surface area (Å²) in [5.41, 5.74) is 14.7. The molecule has 0 aliphatic heterocycles. The van der Waals surface area contributed by atoms with E-state index in [0.717, 1.165) is 28.4 Å². The fourth-order valence-corrected chi connectivity index (χ4v) is 11.9. The molecule has 11 aromatic carbocycles. The summed E-state index contributed by atoms with van der Waals surface area (Å²) in [7, 11) is 0. The van der Waals surface area contributed by atoms with E-state index in [1.807, 2.05) is 11.3 Å². The molecule has 2 heteroatoms. The zero-order valence-corrected chi connectivity index (χ0v) is 33.8. The molecule has 14 rings (SSSR count). The lowest BCUT2D eigenvalue weighted by molar-refractivity contribution is 0.669. The van der Waals surface area contributed by atoms with Crippen molar-refractivity contribution < 1.29 is 4.42 Å². The second-order valence-electron chi connectivity index (χ2n) is 16.6. The third-order valence-corrected chi connectivity index (χ3v) is 14.5. The number of furan rings is 1. The highest BCUT2D eigenvalue weighted by atomic mass is 32.1. The van der Waals surface area contributed by atoms with Gasteiger partial charge in [-0.3, -0.25) is 0 Å². The Morgan fingerprint density at radius 2 is 0.852 bits per heavy atom. The van der Waals surface area contributed by atoms with Crippen molar-refractivity contribution in [3.8, 4) is 44.5 Å². The van der Waals surface area contributed by atoms with Gasteiger partial charge >= 0.3 is 0 Å². The topological polar surface area (TPSA) is 13.1 Å². The van der Waals surface area contributed by atoms with Crippen molar-refractivity contribution in [3.63, 3.8) is 0 Å². The van der Waals surface area contributed by atoms with Crippen LogP contribution in [-0.2, 0) is 6.42 Å². The van der Waals surface area contributed by atoms with Crippen molar-refractivity contribution in [2.75, 3.05) is 0 Å². The van der Waals surface area contributed by atoms with Crippen LogP contribution < -0.4 is 0 Å². The van der Waals surface area contributed by atoms with Crippen LogP contribution in [0.2, 0.25) is 0 Å². The van der Waals surface area contributed by atoms with Crippen LogP contribution in [0.3, 0.4) is 0 Å². The van der Waals surface area contributed by atoms with Gasteiger partial charge in [-0.25, -0.2) is 0 Å². The average molecular weight is 791 g/mol. The highest BCUT2D eigenvalue weighted by molar-refractivity contribution is 7.26. The minimum absolute atomic E-state index is 0.899. The molecule has 2 heterocycles. The molecule has 0 saturated heterocycles. The first-order valence-electron chi connectivity index (χ1n) is 21.1. The van der Waals surface area contributed by atoms with Gasteiger partial charge in [0.05, 0.1) is 0 Å². The molecule has 1 nitrogen and oxygen atoms in total. The molecule has 0 saturated carbocycles. The molecule has 0 N–H and O–H groups in total. The third-order valence-electron chi connectivity index (χ3n) is 13.3. The Kier molecular flexibility index (Phi) is 6.83. The number of hydrogen-bond acceptors (Lipinski definition) is 2. The fourth-order valence-electron chi connectivity index (χ4n) is 10.6. The second kappa shape index (κ2) is 12.5. The number of benzene rings is 11. The summed E-state index contributed by atoms with van der Waals surface area (Å²) in [4.78, 5) is 0. The van der Waals surface area contributed by atoms with Crippen LogP contribution in [0.25, 0.3) is 130 Å². The van der Waals surface area contributed by atoms with Gasteiger partial charge in [-0.05, 0) is 136 Å². The highest BCUT2D eigenvalue weighted by Crippen LogP contribution is 2.51. The van der Waals surface area contributed by atoms with Gasteiger partial charge in [0.1, 0.15) is 11.2 Å². The Hall–Kier alpha value is -7.52. The predicted octanol–water partition coefficient (Wildman–Crippen LogP) is 17.1. The van der Waals surface area contributed by atoms with Crippen molar-refractivity contribution >= 4 is 96.5 Å². The van der Waals surface area contributed by atoms with Crippen LogP contribution in [0.5, 0.6) is 0 Å². The molecule has 61 heavy (non-hydrogen) atoms. The monoisotopic (exact) mass is 790 g/mol. The number of fused-ring (bicyclic) bond motifs is 11. The largest absolute Gasteiger partial charge is 0.456 e. The van der Waals surface area contributed by atoms with Crippen LogP contribution in [0.1, 0.15) is 11.1 Å². The highest BCUT2D eigenvalue weighted by Gasteiger charge is 2.25. The Labute approximate surface area is 355 Å². The van der Waals surface area contributed by atoms with E-state index in [1.54, 1.807) is 0 Å². The van der Waals surface area contributed by atoms with Gasteiger partial charge in [0.25, 0.3) is 0 Å². The number of thiophene rings is 1. The number of hydrogen-bond donors (Lipinski definition) is 0. The molecule has 2 aromatic heterocycles. The molecule has 0 bridgehead atoms. The lowest BCUT2D eigenvalue weighted by Crippen LogP contribution is -1.91. The normalized spacial score (nSPS) is 12.5. The van der Waals surface area contributed by atoms with Gasteiger partial charge in [0, 0.05) is 36.5 Å². The van der Waals surface area contributed by atoms with Crippen LogP contribution in [0.15, 0.2) is 199 Å². The molecule has 282 valence electrons. The summed E-state index contributed by atoms with van der Waals surface area (Å²) in [6.07, 6.45) is 1.06. The van der Waals surface area contributed by atoms with E-state index < -0.39 is 0 Å². The van der Waals surface area contributed by atoms with Gasteiger partial charge in [-0.1, -0.05) is 158 Å². The summed E-state index contributed by atoms with van der Waals surface area (Å²) in [6, 6.07) is 71.9. The average Bonchev–Trinajstić information content (AvgIpc) is 3.81. The van der Waals surface area contributed by atoms with E-state index in [1.165, 1.54) is 119 Å². The predicted molar refractivity (Wildman–Crippen MR) is 261 cm³/mol. The van der Waals surface area contributed by atoms with Gasteiger partial charge in [0.2, 0.25) is 0 Å². The van der Waals surface area contributed by atoms with E-state index >= 15 is 0 Å². The van der Waals surface area contributed by atoms with Crippen LogP contribution in [0.4, 0.5) is 0 Å². The van der Waals surface area contributed by atoms with Crippen molar-refractivity contribution in [3.05, 3.63) is 205 Å². The molecule has 0 unspecified atom stereocenters. The Balaban J connectivity index is 1.02. The zero-order chi connectivity index (χ0) is 39.8. The summed E-state index contributed by atoms with van der Waals surface area (Å²) in [5, 5.41) is 15.1. The minimum atomic E-state index is 0.899. The molecule has 1 aliphatic carbocycles. The van der Waals surface area contributed by atoms with Crippen LogP contribution in [-0.4, -0.2) is 0 Å². The molecule has 0 atom stereocenters. The molecule has 0 spiro atoms. The molecule has 0 amide bonds. The third kappa shape index (κ3) is 4.77. The maximum atomic E-state index is 6.92. The van der Waals surface area contributed by atoms with Crippen LogP contribution in [0, 0.1) is 0 Å². The fraction of sp³-hybridized carbons (Fsp3) is 0.0169. The molecule has 0 fully saturated rings. The van der Waals surface area contributed by atoms with E-state index in [9.17, 15) is 0 Å². The van der Waals surface area contributed by atoms with E-state index in [-0.39, 0.29) is 0 Å². The minimum Gasteiger partial charge on any atom is -0.456 e. The zero-order valence-electron chi connectivity index (χ0n) is 33.0. The second-order valence-corrected chi connectivity index (χ2v) is 17.7. The standard InChI is InChI=1S/C59H34OS/c1-2-14-34(15-3-1)54-39-17-4-5-18-40(39)55(50-32-37-30-36(37)31-49(50)54)35-28-29-46-52(33-35)60-51-26-13-24-47(58(46)51)56-41-19-6-8-21-43(41)57(44-22-9-7-20-42(44)56)48-25-12-23-45-38-16-10-11-27-53(38)61-59(45)48/h1-29,31-33H,30H2. The van der Waals surface area contributed by atoms with Crippen molar-refractivity contribution in [2.45, 2.75) is 6.42 Å². The number of rotatable bonds is 4. The maximum absolute atomic E-state index is 6.92. The van der Waals surface area contributed by atoms with Crippen LogP contribution >= 0.6 is 11.3 Å². The Morgan fingerprint density at radius 3 is 1.52 bits per heavy atom. The van der Waals surface area contributed by atoms with Crippen molar-refractivity contribution in [1.29, 1.82) is 0 Å². The first-order chi connectivity index (χ1) is 30.3. The van der Waals surface area contributed by atoms with E-state index in [2.05, 4.69) is 194 Å². The Morgan fingerprint density at radius 1 is 0.328 bits per heavy atom. The summed E-state index contributed by atoms with van der Waals surface area (Å²) in [6.45, 7) is 0. The summed E-state index contributed by atoms with van der Waals surface area (Å²) >= 11 is 1.90. The van der Waals surface area contributed by atoms with Gasteiger partial charge in [-0.15, -0.1) is 11.3 Å². The quantitative estimate of drug-likeness (QED) is 0.162. The molecule has 13 aromatic rings. The maximum Gasteiger partial charge on any atom is 0.136 e. The van der Waals surface area contributed by atoms with E-state index in [4.69, 9.17) is 4.42 Å². The first kappa shape index (κ1) is 33.3. The molecule has 0 radical (unpaired) electrons. The van der Waals surface area contributed by atoms with Crippen molar-refractivity contribution in [2.24, 2.45) is 0 Å². The molecular weight excluding hydrogens is 757 g/mol. The smallest absolute Gasteiger partial charge is 0.136 e. The van der Waals surface area contributed by atoms with Gasteiger partial charge in [-0.2, -0.15) is 0 Å². The first-order valence-corrected chi connectivity index (χ1v) is 21.9. The molecular formula is C59H34OS. The van der Waals surface area contributed by atoms with Gasteiger partial charge < -0.3 is 4.42 Å². The van der Waals surface area contributed by atoms with E-state index in [0.29, 0.717) is 0 Å². The SMILES string of the molecule is c1ccc(-c2c3ccccc3c(-c3ccc4c(c3)oc3cccc(-c5c6ccccc6c(-c6cccc7c6sc6ccccc67)c6ccccc56)c34)c3cc4c(cc23)C4)cc1. The van der Waals surface area contributed by atoms with Crippen molar-refractivity contribution in [1.82, 2.24) is 0 Å². The lowest BCUT2D eigenvalue weighted by atomic mass is 9.84. The Bertz CT molecular complexity index is 3960. The molecule has 1 aliphatic rings. The summed E-state index contributed by atoms with van der Waals surface area (Å²) < 4.78 is 9.58. The van der Waals surface area contributed by atoms with Gasteiger partial charge in [0.15, 0.2) is 0 Å².